The third kappa shape index (κ3) is 3.83. The first kappa shape index (κ1) is 17.9. The van der Waals surface area contributed by atoms with E-state index < -0.39 is 4.92 Å². The van der Waals surface area contributed by atoms with Gasteiger partial charge in [-0.3, -0.25) is 14.9 Å². The predicted octanol–water partition coefficient (Wildman–Crippen LogP) is 3.29. The molecular formula is C19H22N4O3. The minimum atomic E-state index is -0.474. The molecule has 3 N–H and O–H groups in total. The highest BCUT2D eigenvalue weighted by atomic mass is 16.6. The highest BCUT2D eigenvalue weighted by Crippen LogP contribution is 2.30. The summed E-state index contributed by atoms with van der Waals surface area (Å²) in [7, 11) is 0. The van der Waals surface area contributed by atoms with Crippen LogP contribution in [-0.2, 0) is 0 Å². The van der Waals surface area contributed by atoms with Crippen molar-refractivity contribution in [1.29, 1.82) is 0 Å². The second-order valence-corrected chi connectivity index (χ2v) is 6.36. The van der Waals surface area contributed by atoms with E-state index in [1.807, 2.05) is 30.3 Å². The van der Waals surface area contributed by atoms with E-state index in [1.54, 1.807) is 17.0 Å². The van der Waals surface area contributed by atoms with Crippen LogP contribution in [0.2, 0.25) is 0 Å². The van der Waals surface area contributed by atoms with Crippen molar-refractivity contribution < 1.29 is 9.72 Å². The van der Waals surface area contributed by atoms with Crippen molar-refractivity contribution in [2.75, 3.05) is 18.4 Å². The number of piperidine rings is 1. The maximum atomic E-state index is 12.8. The van der Waals surface area contributed by atoms with Gasteiger partial charge in [0.2, 0.25) is 0 Å². The predicted molar refractivity (Wildman–Crippen MR) is 101 cm³/mol. The molecule has 2 aromatic carbocycles. The molecule has 7 nitrogen and oxygen atoms in total. The SMILES string of the molecule is NCC1CCCCN1C(=O)c1ccc(Nc2ccccc2)c([N+](=O)[O-])c1. The van der Waals surface area contributed by atoms with Crippen molar-refractivity contribution >= 4 is 23.0 Å². The monoisotopic (exact) mass is 354 g/mol. The maximum Gasteiger partial charge on any atom is 0.293 e. The molecule has 1 atom stereocenters. The van der Waals surface area contributed by atoms with Crippen molar-refractivity contribution in [3.8, 4) is 0 Å². The average molecular weight is 354 g/mol. The molecule has 1 fully saturated rings. The van der Waals surface area contributed by atoms with Gasteiger partial charge in [-0.15, -0.1) is 0 Å². The summed E-state index contributed by atoms with van der Waals surface area (Å²) in [6.07, 6.45) is 2.85. The highest BCUT2D eigenvalue weighted by Gasteiger charge is 2.28. The standard InChI is InChI=1S/C19H22N4O3/c20-13-16-8-4-5-11-22(16)19(24)14-9-10-17(18(12-14)23(25)26)21-15-6-2-1-3-7-15/h1-3,6-7,9-10,12,16,21H,4-5,8,11,13,20H2. The largest absolute Gasteiger partial charge is 0.350 e. The number of likely N-dealkylation sites (tertiary alicyclic amines) is 1. The number of nitrogens with one attached hydrogen (secondary N) is 1. The Labute approximate surface area is 152 Å². The summed E-state index contributed by atoms with van der Waals surface area (Å²) in [5.74, 6) is -0.200. The summed E-state index contributed by atoms with van der Waals surface area (Å²) in [6.45, 7) is 1.04. The number of nitrogens with two attached hydrogens (primary N) is 1. The van der Waals surface area contributed by atoms with Crippen molar-refractivity contribution in [2.24, 2.45) is 5.73 Å². The van der Waals surface area contributed by atoms with E-state index >= 15 is 0 Å². The molecule has 0 bridgehead atoms. The first-order valence-electron chi connectivity index (χ1n) is 8.71. The average Bonchev–Trinajstić information content (AvgIpc) is 2.68. The molecule has 3 rings (SSSR count). The number of anilines is 2. The van der Waals surface area contributed by atoms with Crippen LogP contribution in [0.5, 0.6) is 0 Å². The van der Waals surface area contributed by atoms with E-state index in [0.717, 1.165) is 24.9 Å². The lowest BCUT2D eigenvalue weighted by Gasteiger charge is -2.35. The van der Waals surface area contributed by atoms with Gasteiger partial charge in [0.1, 0.15) is 5.69 Å². The van der Waals surface area contributed by atoms with Crippen LogP contribution in [-0.4, -0.2) is 34.9 Å². The van der Waals surface area contributed by atoms with Crippen LogP contribution in [0.4, 0.5) is 17.1 Å². The fraction of sp³-hybridized carbons (Fsp3) is 0.316. The van der Waals surface area contributed by atoms with Crippen LogP contribution in [0.1, 0.15) is 29.6 Å². The van der Waals surface area contributed by atoms with E-state index in [1.165, 1.54) is 6.07 Å². The molecule has 1 unspecified atom stereocenters. The quantitative estimate of drug-likeness (QED) is 0.634. The third-order valence-corrected chi connectivity index (χ3v) is 4.65. The van der Waals surface area contributed by atoms with Gasteiger partial charge in [-0.05, 0) is 43.5 Å². The van der Waals surface area contributed by atoms with Gasteiger partial charge in [0.15, 0.2) is 0 Å². The number of nitro benzene ring substituents is 1. The van der Waals surface area contributed by atoms with Crippen LogP contribution < -0.4 is 11.1 Å². The van der Waals surface area contributed by atoms with E-state index in [4.69, 9.17) is 5.73 Å². The van der Waals surface area contributed by atoms with Gasteiger partial charge in [0, 0.05) is 36.4 Å². The Hall–Kier alpha value is -2.93. The molecule has 7 heteroatoms. The zero-order valence-electron chi connectivity index (χ0n) is 14.4. The first-order valence-corrected chi connectivity index (χ1v) is 8.71. The molecule has 26 heavy (non-hydrogen) atoms. The van der Waals surface area contributed by atoms with E-state index in [0.29, 0.717) is 24.3 Å². The van der Waals surface area contributed by atoms with Crippen LogP contribution in [0.15, 0.2) is 48.5 Å². The second-order valence-electron chi connectivity index (χ2n) is 6.36. The molecule has 0 saturated carbocycles. The molecular weight excluding hydrogens is 332 g/mol. The normalized spacial score (nSPS) is 17.0. The Morgan fingerprint density at radius 2 is 2.00 bits per heavy atom. The van der Waals surface area contributed by atoms with Gasteiger partial charge in [0.25, 0.3) is 11.6 Å². The number of benzene rings is 2. The molecule has 2 aromatic rings. The minimum absolute atomic E-state index is 0.00238. The molecule has 1 aliphatic heterocycles. The van der Waals surface area contributed by atoms with E-state index in [2.05, 4.69) is 5.32 Å². The molecule has 0 aliphatic carbocycles. The topological polar surface area (TPSA) is 102 Å². The Morgan fingerprint density at radius 1 is 1.23 bits per heavy atom. The zero-order chi connectivity index (χ0) is 18.5. The summed E-state index contributed by atoms with van der Waals surface area (Å²) >= 11 is 0. The molecule has 1 aliphatic rings. The number of para-hydroxylation sites is 1. The van der Waals surface area contributed by atoms with Crippen LogP contribution in [0.3, 0.4) is 0 Å². The number of carbonyl (C=O) groups excluding carboxylic acids is 1. The number of nitrogens with zero attached hydrogens (tertiary/aromatic N) is 2. The Morgan fingerprint density at radius 3 is 2.69 bits per heavy atom. The lowest BCUT2D eigenvalue weighted by Crippen LogP contribution is -2.47. The summed E-state index contributed by atoms with van der Waals surface area (Å²) in [5, 5.41) is 14.5. The molecule has 136 valence electrons. The van der Waals surface area contributed by atoms with Crippen LogP contribution in [0.25, 0.3) is 0 Å². The van der Waals surface area contributed by atoms with Gasteiger partial charge in [-0.1, -0.05) is 18.2 Å². The van der Waals surface area contributed by atoms with Gasteiger partial charge in [-0.2, -0.15) is 0 Å². The number of amides is 1. The number of rotatable bonds is 5. The molecule has 1 amide bonds. The number of hydrogen-bond acceptors (Lipinski definition) is 5. The second kappa shape index (κ2) is 7.97. The minimum Gasteiger partial charge on any atom is -0.350 e. The van der Waals surface area contributed by atoms with Crippen molar-refractivity contribution in [3.05, 3.63) is 64.2 Å². The summed E-state index contributed by atoms with van der Waals surface area (Å²) in [5.41, 5.74) is 7.07. The Kier molecular flexibility index (Phi) is 5.48. The van der Waals surface area contributed by atoms with Gasteiger partial charge in [-0.25, -0.2) is 0 Å². The number of nitro groups is 1. The zero-order valence-corrected chi connectivity index (χ0v) is 14.4. The van der Waals surface area contributed by atoms with Crippen molar-refractivity contribution in [2.45, 2.75) is 25.3 Å². The maximum absolute atomic E-state index is 12.8. The Bertz CT molecular complexity index is 795. The smallest absolute Gasteiger partial charge is 0.293 e. The van der Waals surface area contributed by atoms with Crippen molar-refractivity contribution in [3.63, 3.8) is 0 Å². The summed E-state index contributed by atoms with van der Waals surface area (Å²) < 4.78 is 0. The summed E-state index contributed by atoms with van der Waals surface area (Å²) in [6, 6.07) is 13.7. The molecule has 1 saturated heterocycles. The number of carbonyl (C=O) groups is 1. The van der Waals surface area contributed by atoms with Gasteiger partial charge in [0.05, 0.1) is 4.92 Å². The molecule has 1 heterocycles. The molecule has 0 radical (unpaired) electrons. The van der Waals surface area contributed by atoms with Crippen LogP contribution >= 0.6 is 0 Å². The fourth-order valence-corrected chi connectivity index (χ4v) is 3.28. The lowest BCUT2D eigenvalue weighted by atomic mass is 10.0. The van der Waals surface area contributed by atoms with E-state index in [9.17, 15) is 14.9 Å². The lowest BCUT2D eigenvalue weighted by molar-refractivity contribution is -0.383. The van der Waals surface area contributed by atoms with Crippen LogP contribution in [0, 0.1) is 10.1 Å². The van der Waals surface area contributed by atoms with E-state index in [-0.39, 0.29) is 17.6 Å². The fourth-order valence-electron chi connectivity index (χ4n) is 3.28. The molecule has 0 spiro atoms. The first-order chi connectivity index (χ1) is 12.6. The van der Waals surface area contributed by atoms with Gasteiger partial charge < -0.3 is 16.0 Å². The Balaban J connectivity index is 1.88. The highest BCUT2D eigenvalue weighted by molar-refractivity contribution is 5.96. The van der Waals surface area contributed by atoms with Crippen molar-refractivity contribution in [1.82, 2.24) is 4.90 Å². The van der Waals surface area contributed by atoms with Gasteiger partial charge >= 0.3 is 0 Å². The summed E-state index contributed by atoms with van der Waals surface area (Å²) in [4.78, 5) is 25.6. The number of hydrogen-bond donors (Lipinski definition) is 2. The molecule has 0 aromatic heterocycles. The third-order valence-electron chi connectivity index (χ3n) is 4.65.